The third kappa shape index (κ3) is 2.04. The highest BCUT2D eigenvalue weighted by atomic mass is 19.1. The average molecular weight is 231 g/mol. The van der Waals surface area contributed by atoms with Gasteiger partial charge in [0.2, 0.25) is 0 Å². The summed E-state index contributed by atoms with van der Waals surface area (Å²) in [5.41, 5.74) is 5.86. The van der Waals surface area contributed by atoms with Gasteiger partial charge in [-0.15, -0.1) is 0 Å². The lowest BCUT2D eigenvalue weighted by Crippen LogP contribution is -2.20. The van der Waals surface area contributed by atoms with Crippen molar-refractivity contribution < 1.29 is 8.78 Å². The first-order valence-corrected chi connectivity index (χ1v) is 5.02. The third-order valence-corrected chi connectivity index (χ3v) is 2.62. The van der Waals surface area contributed by atoms with Gasteiger partial charge in [-0.1, -0.05) is 25.3 Å². The molecule has 0 aliphatic rings. The largest absolute Gasteiger partial charge is 0.394 e. The molecule has 0 atom stereocenters. The fourth-order valence-corrected chi connectivity index (χ4v) is 1.56. The number of nitrogen functional groups attached to an aromatic ring is 1. The molecule has 0 radical (unpaired) electrons. The predicted molar refractivity (Wildman–Crippen MR) is 66.5 cm³/mol. The quantitative estimate of drug-likeness (QED) is 0.747. The molecule has 0 aromatic heterocycles. The van der Waals surface area contributed by atoms with Crippen molar-refractivity contribution in [1.82, 2.24) is 0 Å². The van der Waals surface area contributed by atoms with Crippen molar-refractivity contribution in [3.63, 3.8) is 0 Å². The van der Waals surface area contributed by atoms with Gasteiger partial charge in [-0.25, -0.2) is 8.78 Å². The monoisotopic (exact) mass is 231 g/mol. The summed E-state index contributed by atoms with van der Waals surface area (Å²) in [6.07, 6.45) is 0. The zero-order chi connectivity index (χ0) is 12.6. The fourth-order valence-electron chi connectivity index (χ4n) is 1.56. The number of benzene rings is 2. The van der Waals surface area contributed by atoms with E-state index in [1.807, 2.05) is 0 Å². The van der Waals surface area contributed by atoms with Gasteiger partial charge in [0.1, 0.15) is 17.3 Å². The Labute approximate surface area is 97.5 Å². The zero-order valence-electron chi connectivity index (χ0n) is 9.13. The summed E-state index contributed by atoms with van der Waals surface area (Å²) in [5, 5.41) is 1.50. The van der Waals surface area contributed by atoms with Crippen LogP contribution in [0.25, 0.3) is 24.3 Å². The first-order valence-electron chi connectivity index (χ1n) is 5.02. The van der Waals surface area contributed by atoms with Crippen molar-refractivity contribution in [2.24, 2.45) is 0 Å². The van der Waals surface area contributed by atoms with E-state index in [4.69, 9.17) is 5.73 Å². The summed E-state index contributed by atoms with van der Waals surface area (Å²) in [5.74, 6) is -1.52. The molecule has 0 saturated heterocycles. The Hall–Kier alpha value is -2.16. The standard InChI is InChI=1S/C14H11F2N/c1-8-3-4-10(5-9(8)2)11-6-12(15)14(17)13(16)7-11/h3-7H,1-2,17H2. The molecule has 0 heterocycles. The maximum atomic E-state index is 13.3. The second-order valence-electron chi connectivity index (χ2n) is 3.84. The second-order valence-corrected chi connectivity index (χ2v) is 3.84. The van der Waals surface area contributed by atoms with Crippen LogP contribution in [0.1, 0.15) is 0 Å². The van der Waals surface area contributed by atoms with Crippen molar-refractivity contribution in [3.05, 3.63) is 52.4 Å². The molecule has 2 rings (SSSR count). The second kappa shape index (κ2) is 4.01. The lowest BCUT2D eigenvalue weighted by atomic mass is 10.0. The summed E-state index contributed by atoms with van der Waals surface area (Å²) in [7, 11) is 0. The summed E-state index contributed by atoms with van der Waals surface area (Å²) in [6, 6.07) is 7.63. The number of hydrogen-bond acceptors (Lipinski definition) is 1. The Morgan fingerprint density at radius 3 is 1.94 bits per heavy atom. The molecule has 86 valence electrons. The van der Waals surface area contributed by atoms with Crippen LogP contribution in [0.5, 0.6) is 0 Å². The smallest absolute Gasteiger partial charge is 0.149 e. The third-order valence-electron chi connectivity index (χ3n) is 2.62. The molecule has 0 unspecified atom stereocenters. The maximum absolute atomic E-state index is 13.3. The van der Waals surface area contributed by atoms with E-state index in [9.17, 15) is 8.78 Å². The minimum atomic E-state index is -0.760. The van der Waals surface area contributed by atoms with E-state index in [-0.39, 0.29) is 0 Å². The number of halogens is 2. The molecule has 0 aliphatic carbocycles. The van der Waals surface area contributed by atoms with Gasteiger partial charge in [-0.3, -0.25) is 0 Å². The van der Waals surface area contributed by atoms with Crippen LogP contribution in [0.2, 0.25) is 0 Å². The topological polar surface area (TPSA) is 26.0 Å². The Bertz CT molecular complexity index is 654. The molecule has 1 nitrogen and oxygen atoms in total. The van der Waals surface area contributed by atoms with E-state index in [1.54, 1.807) is 18.2 Å². The van der Waals surface area contributed by atoms with Gasteiger partial charge in [0, 0.05) is 0 Å². The molecule has 0 aliphatic heterocycles. The van der Waals surface area contributed by atoms with Crippen LogP contribution in [0.15, 0.2) is 30.3 Å². The van der Waals surface area contributed by atoms with Crippen molar-refractivity contribution in [2.75, 3.05) is 5.73 Å². The van der Waals surface area contributed by atoms with Gasteiger partial charge in [0.15, 0.2) is 0 Å². The van der Waals surface area contributed by atoms with Gasteiger partial charge in [-0.05, 0) is 39.8 Å². The van der Waals surface area contributed by atoms with Crippen LogP contribution in [-0.4, -0.2) is 0 Å². The van der Waals surface area contributed by atoms with Gasteiger partial charge < -0.3 is 5.73 Å². The molecule has 0 spiro atoms. The fraction of sp³-hybridized carbons (Fsp3) is 0. The molecule has 17 heavy (non-hydrogen) atoms. The highest BCUT2D eigenvalue weighted by molar-refractivity contribution is 5.66. The van der Waals surface area contributed by atoms with Gasteiger partial charge in [0.25, 0.3) is 0 Å². The SMILES string of the molecule is C=c1ccc(-c2cc(F)c(N)c(F)c2)cc1=C. The van der Waals surface area contributed by atoms with Crippen LogP contribution < -0.4 is 16.2 Å². The maximum Gasteiger partial charge on any atom is 0.149 e. The molecular formula is C14H11F2N. The van der Waals surface area contributed by atoms with Gasteiger partial charge in [-0.2, -0.15) is 0 Å². The average Bonchev–Trinajstić information content (AvgIpc) is 2.29. The number of nitrogens with two attached hydrogens (primary N) is 1. The van der Waals surface area contributed by atoms with E-state index in [2.05, 4.69) is 13.2 Å². The van der Waals surface area contributed by atoms with Crippen LogP contribution in [-0.2, 0) is 0 Å². The lowest BCUT2D eigenvalue weighted by molar-refractivity contribution is 0.592. The minimum Gasteiger partial charge on any atom is -0.394 e. The van der Waals surface area contributed by atoms with Gasteiger partial charge >= 0.3 is 0 Å². The highest BCUT2D eigenvalue weighted by Gasteiger charge is 2.08. The molecule has 3 heteroatoms. The van der Waals surface area contributed by atoms with Crippen LogP contribution in [0.4, 0.5) is 14.5 Å². The van der Waals surface area contributed by atoms with Crippen LogP contribution in [0, 0.1) is 11.6 Å². The van der Waals surface area contributed by atoms with E-state index in [0.29, 0.717) is 11.1 Å². The van der Waals surface area contributed by atoms with Crippen molar-refractivity contribution in [1.29, 1.82) is 0 Å². The van der Waals surface area contributed by atoms with Crippen molar-refractivity contribution >= 4 is 18.8 Å². The van der Waals surface area contributed by atoms with Crippen LogP contribution in [0.3, 0.4) is 0 Å². The number of anilines is 1. The number of hydrogen-bond donors (Lipinski definition) is 1. The van der Waals surface area contributed by atoms with E-state index in [0.717, 1.165) is 10.4 Å². The summed E-state index contributed by atoms with van der Waals surface area (Å²) >= 11 is 0. The van der Waals surface area contributed by atoms with E-state index < -0.39 is 17.3 Å². The summed E-state index contributed by atoms with van der Waals surface area (Å²) in [6.45, 7) is 7.57. The highest BCUT2D eigenvalue weighted by Crippen LogP contribution is 2.24. The molecular weight excluding hydrogens is 220 g/mol. The van der Waals surface area contributed by atoms with E-state index >= 15 is 0 Å². The van der Waals surface area contributed by atoms with Gasteiger partial charge in [0.05, 0.1) is 0 Å². The summed E-state index contributed by atoms with van der Waals surface area (Å²) in [4.78, 5) is 0. The molecule has 2 aromatic rings. The molecule has 0 fully saturated rings. The normalized spacial score (nSPS) is 10.5. The molecule has 0 bridgehead atoms. The molecule has 2 aromatic carbocycles. The molecule has 0 saturated carbocycles. The minimum absolute atomic E-state index is 0.430. The van der Waals surface area contributed by atoms with E-state index in [1.165, 1.54) is 12.1 Å². The Morgan fingerprint density at radius 2 is 1.41 bits per heavy atom. The van der Waals surface area contributed by atoms with Crippen molar-refractivity contribution in [2.45, 2.75) is 0 Å². The first-order chi connectivity index (χ1) is 7.99. The molecule has 2 N–H and O–H groups in total. The Morgan fingerprint density at radius 1 is 0.824 bits per heavy atom. The van der Waals surface area contributed by atoms with Crippen LogP contribution >= 0.6 is 0 Å². The number of rotatable bonds is 1. The molecule has 0 amide bonds. The Balaban J connectivity index is 2.65. The predicted octanol–water partition coefficient (Wildman–Crippen LogP) is 2.03. The Kier molecular flexibility index (Phi) is 2.68. The lowest BCUT2D eigenvalue weighted by Gasteiger charge is -2.05. The van der Waals surface area contributed by atoms with Crippen molar-refractivity contribution in [3.8, 4) is 11.1 Å². The summed E-state index contributed by atoms with van der Waals surface area (Å²) < 4.78 is 26.6. The zero-order valence-corrected chi connectivity index (χ0v) is 9.13. The first kappa shape index (κ1) is 11.3.